The van der Waals surface area contributed by atoms with E-state index in [-0.39, 0.29) is 5.56 Å². The molecule has 5 heteroatoms. The summed E-state index contributed by atoms with van der Waals surface area (Å²) in [4.78, 5) is 16.9. The van der Waals surface area contributed by atoms with Gasteiger partial charge in [-0.2, -0.15) is 0 Å². The van der Waals surface area contributed by atoms with Crippen molar-refractivity contribution >= 4 is 5.82 Å². The number of halogens is 1. The first kappa shape index (κ1) is 8.22. The van der Waals surface area contributed by atoms with E-state index in [1.165, 1.54) is 17.0 Å². The molecule has 0 saturated carbocycles. The highest BCUT2D eigenvalue weighted by molar-refractivity contribution is 5.40. The van der Waals surface area contributed by atoms with Crippen LogP contribution in [-0.4, -0.2) is 28.8 Å². The van der Waals surface area contributed by atoms with Crippen LogP contribution in [0.4, 0.5) is 10.2 Å². The Morgan fingerprint density at radius 2 is 2.31 bits per heavy atom. The van der Waals surface area contributed by atoms with Crippen LogP contribution in [0.3, 0.4) is 0 Å². The van der Waals surface area contributed by atoms with Gasteiger partial charge >= 0.3 is 0 Å². The molecule has 1 aliphatic rings. The first-order chi connectivity index (χ1) is 6.16. The van der Waals surface area contributed by atoms with Crippen molar-refractivity contribution in [3.05, 3.63) is 22.7 Å². The molecule has 2 heterocycles. The van der Waals surface area contributed by atoms with Gasteiger partial charge in [-0.1, -0.05) is 0 Å². The van der Waals surface area contributed by atoms with Gasteiger partial charge in [0.15, 0.2) is 0 Å². The van der Waals surface area contributed by atoms with Gasteiger partial charge in [0.1, 0.15) is 12.0 Å². The molecule has 70 valence electrons. The van der Waals surface area contributed by atoms with Gasteiger partial charge in [0, 0.05) is 13.1 Å². The van der Waals surface area contributed by atoms with Crippen molar-refractivity contribution in [3.63, 3.8) is 0 Å². The minimum atomic E-state index is -0.772. The first-order valence-electron chi connectivity index (χ1n) is 4.08. The smallest absolute Gasteiger partial charge is 0.255 e. The van der Waals surface area contributed by atoms with Crippen LogP contribution in [0, 0.1) is 0 Å². The highest BCUT2D eigenvalue weighted by Gasteiger charge is 2.27. The number of hydrogen-bond donors (Lipinski definition) is 0. The summed E-state index contributed by atoms with van der Waals surface area (Å²) in [6.45, 7) is 0.695. The molecule has 1 aromatic rings. The molecule has 13 heavy (non-hydrogen) atoms. The number of rotatable bonds is 1. The molecular weight excluding hydrogens is 173 g/mol. The fourth-order valence-corrected chi connectivity index (χ4v) is 1.24. The second-order valence-electron chi connectivity index (χ2n) is 3.20. The molecule has 0 unspecified atom stereocenters. The molecule has 1 aromatic heterocycles. The van der Waals surface area contributed by atoms with E-state index < -0.39 is 6.17 Å². The summed E-state index contributed by atoms with van der Waals surface area (Å²) in [5.74, 6) is 0.567. The van der Waals surface area contributed by atoms with E-state index in [9.17, 15) is 9.18 Å². The zero-order valence-electron chi connectivity index (χ0n) is 7.27. The zero-order chi connectivity index (χ0) is 9.42. The molecule has 0 radical (unpaired) electrons. The van der Waals surface area contributed by atoms with E-state index in [2.05, 4.69) is 4.98 Å². The van der Waals surface area contributed by atoms with Gasteiger partial charge in [-0.05, 0) is 0 Å². The summed E-state index contributed by atoms with van der Waals surface area (Å²) in [6.07, 6.45) is 0.675. The van der Waals surface area contributed by atoms with E-state index in [1.54, 1.807) is 11.9 Å². The van der Waals surface area contributed by atoms with Gasteiger partial charge in [0.25, 0.3) is 5.56 Å². The van der Waals surface area contributed by atoms with Crippen LogP contribution in [-0.2, 0) is 7.05 Å². The lowest BCUT2D eigenvalue weighted by Gasteiger charge is -2.35. The molecule has 1 aliphatic heterocycles. The maximum absolute atomic E-state index is 12.5. The second-order valence-corrected chi connectivity index (χ2v) is 3.20. The van der Waals surface area contributed by atoms with Crippen molar-refractivity contribution in [1.82, 2.24) is 9.55 Å². The number of aryl methyl sites for hydroxylation is 1. The highest BCUT2D eigenvalue weighted by Crippen LogP contribution is 2.17. The summed E-state index contributed by atoms with van der Waals surface area (Å²) < 4.78 is 13.9. The number of hydrogen-bond acceptors (Lipinski definition) is 3. The van der Waals surface area contributed by atoms with Crippen molar-refractivity contribution in [2.24, 2.45) is 7.05 Å². The van der Waals surface area contributed by atoms with Crippen molar-refractivity contribution < 1.29 is 4.39 Å². The molecule has 0 aliphatic carbocycles. The van der Waals surface area contributed by atoms with Gasteiger partial charge < -0.3 is 9.47 Å². The lowest BCUT2D eigenvalue weighted by molar-refractivity contribution is 0.273. The Hall–Kier alpha value is -1.39. The number of anilines is 1. The molecule has 0 N–H and O–H groups in total. The molecule has 0 spiro atoms. The molecule has 1 saturated heterocycles. The molecule has 0 amide bonds. The van der Waals surface area contributed by atoms with Crippen molar-refractivity contribution in [1.29, 1.82) is 0 Å². The summed E-state index contributed by atoms with van der Waals surface area (Å²) in [5.41, 5.74) is -0.118. The van der Waals surface area contributed by atoms with Gasteiger partial charge in [0.2, 0.25) is 0 Å². The average Bonchev–Trinajstić information content (AvgIpc) is 2.05. The van der Waals surface area contributed by atoms with E-state index in [4.69, 9.17) is 0 Å². The molecule has 0 atom stereocenters. The summed E-state index contributed by atoms with van der Waals surface area (Å²) in [5, 5.41) is 0. The number of alkyl halides is 1. The van der Waals surface area contributed by atoms with Crippen LogP contribution >= 0.6 is 0 Å². The first-order valence-corrected chi connectivity index (χ1v) is 4.08. The third kappa shape index (κ3) is 1.41. The monoisotopic (exact) mass is 183 g/mol. The van der Waals surface area contributed by atoms with Crippen LogP contribution in [0.1, 0.15) is 0 Å². The lowest BCUT2D eigenvalue weighted by Crippen LogP contribution is -2.49. The molecule has 4 nitrogen and oxygen atoms in total. The molecule has 2 rings (SSSR count). The fourth-order valence-electron chi connectivity index (χ4n) is 1.24. The van der Waals surface area contributed by atoms with E-state index in [1.807, 2.05) is 0 Å². The highest BCUT2D eigenvalue weighted by atomic mass is 19.1. The maximum Gasteiger partial charge on any atom is 0.255 e. The van der Waals surface area contributed by atoms with Crippen LogP contribution < -0.4 is 10.5 Å². The Balaban J connectivity index is 2.23. The minimum absolute atomic E-state index is 0.118. The second kappa shape index (κ2) is 2.83. The third-order valence-corrected chi connectivity index (χ3v) is 2.12. The van der Waals surface area contributed by atoms with Crippen molar-refractivity contribution in [2.45, 2.75) is 6.17 Å². The fraction of sp³-hybridized carbons (Fsp3) is 0.500. The molecule has 0 aromatic carbocycles. The van der Waals surface area contributed by atoms with Gasteiger partial charge in [-0.3, -0.25) is 4.79 Å². The quantitative estimate of drug-likeness (QED) is 0.612. The minimum Gasteiger partial charge on any atom is -0.350 e. The SMILES string of the molecule is Cn1cnc(N2CC(F)C2)cc1=O. The Morgan fingerprint density at radius 1 is 1.62 bits per heavy atom. The lowest BCUT2D eigenvalue weighted by atomic mass is 10.2. The topological polar surface area (TPSA) is 38.1 Å². The Kier molecular flexibility index (Phi) is 1.79. The number of aromatic nitrogens is 2. The van der Waals surface area contributed by atoms with Crippen molar-refractivity contribution in [2.75, 3.05) is 18.0 Å². The normalized spacial score (nSPS) is 17.2. The van der Waals surface area contributed by atoms with E-state index in [0.717, 1.165) is 0 Å². The van der Waals surface area contributed by atoms with Gasteiger partial charge in [0.05, 0.1) is 19.4 Å². The molecule has 0 bridgehead atoms. The predicted octanol–water partition coefficient (Wildman–Crippen LogP) is -0.0616. The predicted molar refractivity (Wildman–Crippen MR) is 46.6 cm³/mol. The molecule has 1 fully saturated rings. The number of nitrogens with zero attached hydrogens (tertiary/aromatic N) is 3. The summed E-state index contributed by atoms with van der Waals surface area (Å²) in [7, 11) is 1.63. The van der Waals surface area contributed by atoms with E-state index >= 15 is 0 Å². The van der Waals surface area contributed by atoms with Crippen LogP contribution in [0.2, 0.25) is 0 Å². The van der Waals surface area contributed by atoms with Gasteiger partial charge in [-0.25, -0.2) is 9.37 Å². The summed E-state index contributed by atoms with van der Waals surface area (Å²) in [6, 6.07) is 1.42. The Labute approximate surface area is 74.6 Å². The average molecular weight is 183 g/mol. The molecular formula is C8H10FN3O. The Bertz CT molecular complexity index is 370. The van der Waals surface area contributed by atoms with Crippen molar-refractivity contribution in [3.8, 4) is 0 Å². The van der Waals surface area contributed by atoms with Crippen LogP contribution in [0.15, 0.2) is 17.2 Å². The third-order valence-electron chi connectivity index (χ3n) is 2.12. The summed E-state index contributed by atoms with van der Waals surface area (Å²) >= 11 is 0. The largest absolute Gasteiger partial charge is 0.350 e. The Morgan fingerprint density at radius 3 is 2.85 bits per heavy atom. The van der Waals surface area contributed by atoms with Crippen LogP contribution in [0.25, 0.3) is 0 Å². The van der Waals surface area contributed by atoms with E-state index in [0.29, 0.717) is 18.9 Å². The maximum atomic E-state index is 12.5. The van der Waals surface area contributed by atoms with Crippen LogP contribution in [0.5, 0.6) is 0 Å². The zero-order valence-corrected chi connectivity index (χ0v) is 7.27. The standard InChI is InChI=1S/C8H10FN3O/c1-11-5-10-7(2-8(11)13)12-3-6(9)4-12/h2,5-6H,3-4H2,1H3. The van der Waals surface area contributed by atoms with Gasteiger partial charge in [-0.15, -0.1) is 0 Å².